The fourth-order valence-corrected chi connectivity index (χ4v) is 1.38. The van der Waals surface area contributed by atoms with E-state index in [1.54, 1.807) is 6.92 Å². The summed E-state index contributed by atoms with van der Waals surface area (Å²) in [5.41, 5.74) is -1.07. The van der Waals surface area contributed by atoms with Crippen molar-refractivity contribution in [3.05, 3.63) is 0 Å². The second-order valence-electron chi connectivity index (χ2n) is 3.88. The molecule has 1 atom stereocenters. The van der Waals surface area contributed by atoms with E-state index in [-0.39, 0.29) is 19.3 Å². The van der Waals surface area contributed by atoms with Crippen LogP contribution in [0.4, 0.5) is 0 Å². The molecule has 0 aromatic carbocycles. The van der Waals surface area contributed by atoms with Gasteiger partial charge in [0.1, 0.15) is 0 Å². The minimum Gasteiger partial charge on any atom is -0.469 e. The summed E-state index contributed by atoms with van der Waals surface area (Å²) in [6, 6.07) is 0. The van der Waals surface area contributed by atoms with Crippen molar-refractivity contribution in [1.82, 2.24) is 0 Å². The molecule has 0 bridgehead atoms. The van der Waals surface area contributed by atoms with Gasteiger partial charge in [-0.15, -0.1) is 0 Å². The summed E-state index contributed by atoms with van der Waals surface area (Å²) in [5.74, 6) is -1.51. The lowest BCUT2D eigenvalue weighted by molar-refractivity contribution is -0.160. The Morgan fingerprint density at radius 3 is 1.88 bits per heavy atom. The van der Waals surface area contributed by atoms with E-state index in [2.05, 4.69) is 14.2 Å². The summed E-state index contributed by atoms with van der Waals surface area (Å²) >= 11 is 0. The van der Waals surface area contributed by atoms with Gasteiger partial charge in [0, 0.05) is 6.42 Å². The average molecular weight is 246 g/mol. The number of carbonyl (C=O) groups excluding carboxylic acids is 3. The number of hydrogen-bond donors (Lipinski definition) is 0. The van der Waals surface area contributed by atoms with Crippen molar-refractivity contribution in [2.45, 2.75) is 26.2 Å². The fraction of sp³-hybridized carbons (Fsp3) is 0.727. The van der Waals surface area contributed by atoms with Gasteiger partial charge in [-0.05, 0) is 13.3 Å². The molecular formula is C11H18O6. The molecular weight excluding hydrogens is 228 g/mol. The normalized spacial score (nSPS) is 13.4. The molecule has 1 unspecified atom stereocenters. The maximum atomic E-state index is 11.6. The van der Waals surface area contributed by atoms with Gasteiger partial charge in [-0.25, -0.2) is 0 Å². The topological polar surface area (TPSA) is 78.9 Å². The molecule has 6 nitrogen and oxygen atoms in total. The van der Waals surface area contributed by atoms with E-state index >= 15 is 0 Å². The highest BCUT2D eigenvalue weighted by Gasteiger charge is 2.37. The number of ether oxygens (including phenoxy) is 3. The minimum atomic E-state index is -1.07. The van der Waals surface area contributed by atoms with E-state index in [4.69, 9.17) is 0 Å². The zero-order valence-electron chi connectivity index (χ0n) is 10.6. The van der Waals surface area contributed by atoms with Gasteiger partial charge >= 0.3 is 17.9 Å². The molecule has 0 rings (SSSR count). The van der Waals surface area contributed by atoms with Crippen LogP contribution in [0.25, 0.3) is 0 Å². The van der Waals surface area contributed by atoms with E-state index < -0.39 is 23.3 Å². The maximum absolute atomic E-state index is 11.6. The Labute approximate surface area is 100 Å². The standard InChI is InChI=1S/C11H18O6/c1-11(10(14)17-4,7-9(13)16-3)6-5-8(12)15-2/h5-7H2,1-4H3. The van der Waals surface area contributed by atoms with Crippen molar-refractivity contribution in [3.63, 3.8) is 0 Å². The van der Waals surface area contributed by atoms with Crippen LogP contribution in [0, 0.1) is 5.41 Å². The molecule has 0 saturated heterocycles. The molecule has 98 valence electrons. The van der Waals surface area contributed by atoms with E-state index in [0.717, 1.165) is 0 Å². The third-order valence-electron chi connectivity index (χ3n) is 2.55. The van der Waals surface area contributed by atoms with Crippen molar-refractivity contribution in [1.29, 1.82) is 0 Å². The van der Waals surface area contributed by atoms with Crippen LogP contribution in [0.1, 0.15) is 26.2 Å². The Kier molecular flexibility index (Phi) is 6.23. The number of rotatable bonds is 6. The summed E-state index contributed by atoms with van der Waals surface area (Å²) in [6.45, 7) is 1.55. The Hall–Kier alpha value is -1.59. The molecule has 6 heteroatoms. The highest BCUT2D eigenvalue weighted by atomic mass is 16.5. The molecule has 0 aliphatic carbocycles. The largest absolute Gasteiger partial charge is 0.469 e. The molecule has 0 heterocycles. The van der Waals surface area contributed by atoms with Gasteiger partial charge in [0.25, 0.3) is 0 Å². The molecule has 0 amide bonds. The van der Waals surface area contributed by atoms with Crippen molar-refractivity contribution >= 4 is 17.9 Å². The SMILES string of the molecule is COC(=O)CCC(C)(CC(=O)OC)C(=O)OC. The number of methoxy groups -OCH3 is 3. The zero-order chi connectivity index (χ0) is 13.5. The minimum absolute atomic E-state index is 0.0408. The van der Waals surface area contributed by atoms with Gasteiger partial charge in [0.2, 0.25) is 0 Å². The molecule has 0 saturated carbocycles. The van der Waals surface area contributed by atoms with E-state index in [9.17, 15) is 14.4 Å². The monoisotopic (exact) mass is 246 g/mol. The third kappa shape index (κ3) is 4.84. The lowest BCUT2D eigenvalue weighted by Gasteiger charge is -2.24. The van der Waals surface area contributed by atoms with Crippen LogP contribution in [0.5, 0.6) is 0 Å². The molecule has 0 aromatic rings. The van der Waals surface area contributed by atoms with Gasteiger partial charge in [-0.2, -0.15) is 0 Å². The van der Waals surface area contributed by atoms with Gasteiger partial charge in [-0.3, -0.25) is 14.4 Å². The zero-order valence-corrected chi connectivity index (χ0v) is 10.6. The predicted molar refractivity (Wildman–Crippen MR) is 58.0 cm³/mol. The Bertz CT molecular complexity index is 298. The summed E-state index contributed by atoms with van der Waals surface area (Å²) in [6.07, 6.45) is 0.0771. The Morgan fingerprint density at radius 1 is 0.941 bits per heavy atom. The maximum Gasteiger partial charge on any atom is 0.312 e. The fourth-order valence-electron chi connectivity index (χ4n) is 1.38. The van der Waals surface area contributed by atoms with Crippen LogP contribution in [-0.4, -0.2) is 39.2 Å². The number of esters is 3. The quantitative estimate of drug-likeness (QED) is 0.506. The second-order valence-corrected chi connectivity index (χ2v) is 3.88. The predicted octanol–water partition coefficient (Wildman–Crippen LogP) is 0.682. The van der Waals surface area contributed by atoms with E-state index in [1.807, 2.05) is 0 Å². The number of hydrogen-bond acceptors (Lipinski definition) is 6. The molecule has 17 heavy (non-hydrogen) atoms. The molecule has 0 aromatic heterocycles. The molecule has 0 N–H and O–H groups in total. The second kappa shape index (κ2) is 6.88. The molecule has 0 radical (unpaired) electrons. The first-order valence-electron chi connectivity index (χ1n) is 5.11. The molecule has 0 aliphatic rings. The number of carbonyl (C=O) groups is 3. The van der Waals surface area contributed by atoms with Gasteiger partial charge in [0.05, 0.1) is 33.2 Å². The van der Waals surface area contributed by atoms with Crippen molar-refractivity contribution < 1.29 is 28.6 Å². The first-order chi connectivity index (χ1) is 7.89. The Balaban J connectivity index is 4.66. The summed E-state index contributed by atoms with van der Waals surface area (Å²) in [4.78, 5) is 33.9. The van der Waals surface area contributed by atoms with Gasteiger partial charge < -0.3 is 14.2 Å². The summed E-state index contributed by atoms with van der Waals surface area (Å²) < 4.78 is 13.6. The van der Waals surface area contributed by atoms with E-state index in [1.165, 1.54) is 21.3 Å². The smallest absolute Gasteiger partial charge is 0.312 e. The molecule has 0 fully saturated rings. The van der Waals surface area contributed by atoms with Crippen molar-refractivity contribution in [3.8, 4) is 0 Å². The first-order valence-corrected chi connectivity index (χ1v) is 5.11. The lowest BCUT2D eigenvalue weighted by atomic mass is 9.82. The van der Waals surface area contributed by atoms with Crippen LogP contribution >= 0.6 is 0 Å². The lowest BCUT2D eigenvalue weighted by Crippen LogP contribution is -2.33. The van der Waals surface area contributed by atoms with Crippen LogP contribution in [0.15, 0.2) is 0 Å². The highest BCUT2D eigenvalue weighted by Crippen LogP contribution is 2.30. The summed E-state index contributed by atoms with van der Waals surface area (Å²) in [5, 5.41) is 0. The van der Waals surface area contributed by atoms with E-state index in [0.29, 0.717) is 0 Å². The first kappa shape index (κ1) is 15.4. The van der Waals surface area contributed by atoms with Crippen molar-refractivity contribution in [2.75, 3.05) is 21.3 Å². The van der Waals surface area contributed by atoms with Crippen LogP contribution < -0.4 is 0 Å². The van der Waals surface area contributed by atoms with Crippen LogP contribution in [0.3, 0.4) is 0 Å². The van der Waals surface area contributed by atoms with Crippen molar-refractivity contribution in [2.24, 2.45) is 5.41 Å². The molecule has 0 spiro atoms. The van der Waals surface area contributed by atoms with Gasteiger partial charge in [0.15, 0.2) is 0 Å². The summed E-state index contributed by atoms with van der Waals surface area (Å²) in [7, 11) is 3.73. The van der Waals surface area contributed by atoms with Crippen LogP contribution in [0.2, 0.25) is 0 Å². The van der Waals surface area contributed by atoms with Gasteiger partial charge in [-0.1, -0.05) is 0 Å². The highest BCUT2D eigenvalue weighted by molar-refractivity contribution is 5.83. The molecule has 0 aliphatic heterocycles. The van der Waals surface area contributed by atoms with Crippen LogP contribution in [-0.2, 0) is 28.6 Å². The third-order valence-corrected chi connectivity index (χ3v) is 2.55. The average Bonchev–Trinajstić information content (AvgIpc) is 2.34. The Morgan fingerprint density at radius 2 is 1.47 bits per heavy atom.